The second kappa shape index (κ2) is 7.97. The average molecular weight is 447 g/mol. The average Bonchev–Trinajstić information content (AvgIpc) is 3.18. The zero-order valence-corrected chi connectivity index (χ0v) is 17.0. The Morgan fingerprint density at radius 2 is 1.76 bits per heavy atom. The van der Waals surface area contributed by atoms with Gasteiger partial charge in [-0.2, -0.15) is 17.5 Å². The van der Waals surface area contributed by atoms with Gasteiger partial charge in [0.2, 0.25) is 10.0 Å². The van der Waals surface area contributed by atoms with Gasteiger partial charge in [0.05, 0.1) is 15.5 Å². The van der Waals surface area contributed by atoms with Gasteiger partial charge >= 0.3 is 6.18 Å². The van der Waals surface area contributed by atoms with Gasteiger partial charge in [0.15, 0.2) is 0 Å². The normalized spacial score (nSPS) is 15.5. The van der Waals surface area contributed by atoms with Crippen LogP contribution in [0.15, 0.2) is 41.3 Å². The van der Waals surface area contributed by atoms with Crippen molar-refractivity contribution >= 4 is 33.2 Å². The molecule has 0 atom stereocenters. The van der Waals surface area contributed by atoms with Gasteiger partial charge in [-0.1, -0.05) is 17.7 Å². The maximum atomic E-state index is 13.0. The van der Waals surface area contributed by atoms with E-state index in [4.69, 9.17) is 11.6 Å². The summed E-state index contributed by atoms with van der Waals surface area (Å²) in [5.41, 5.74) is -0.661. The number of carbonyl (C=O) groups is 1. The largest absolute Gasteiger partial charge is 0.417 e. The lowest BCUT2D eigenvalue weighted by Crippen LogP contribution is -2.28. The van der Waals surface area contributed by atoms with E-state index in [0.29, 0.717) is 18.7 Å². The number of carbonyl (C=O) groups excluding carboxylic acids is 1. The van der Waals surface area contributed by atoms with Crippen molar-refractivity contribution in [3.05, 3.63) is 58.1 Å². The molecule has 3 rings (SSSR count). The van der Waals surface area contributed by atoms with Crippen LogP contribution in [0.2, 0.25) is 5.02 Å². The fourth-order valence-electron chi connectivity index (χ4n) is 3.11. The van der Waals surface area contributed by atoms with E-state index in [2.05, 4.69) is 5.32 Å². The summed E-state index contributed by atoms with van der Waals surface area (Å²) in [6.45, 7) is 2.46. The number of alkyl halides is 3. The van der Waals surface area contributed by atoms with Gasteiger partial charge in [0, 0.05) is 24.3 Å². The Hall–Kier alpha value is -2.10. The molecule has 1 aliphatic rings. The fourth-order valence-corrected chi connectivity index (χ4v) is 5.10. The molecule has 0 saturated carbocycles. The summed E-state index contributed by atoms with van der Waals surface area (Å²) in [5.74, 6) is -0.724. The Labute approximate surface area is 171 Å². The van der Waals surface area contributed by atoms with Crippen molar-refractivity contribution in [3.63, 3.8) is 0 Å². The van der Waals surface area contributed by atoms with Crippen LogP contribution in [0.25, 0.3) is 0 Å². The van der Waals surface area contributed by atoms with E-state index in [1.54, 1.807) is 6.92 Å². The number of nitrogens with zero attached hydrogens (tertiary/aromatic N) is 1. The van der Waals surface area contributed by atoms with Gasteiger partial charge in [-0.15, -0.1) is 0 Å². The molecular weight excluding hydrogens is 429 g/mol. The third-order valence-electron chi connectivity index (χ3n) is 4.66. The lowest BCUT2D eigenvalue weighted by Gasteiger charge is -2.18. The smallest absolute Gasteiger partial charge is 0.322 e. The van der Waals surface area contributed by atoms with Crippen molar-refractivity contribution in [2.24, 2.45) is 0 Å². The first kappa shape index (κ1) is 21.6. The quantitative estimate of drug-likeness (QED) is 0.740. The molecule has 1 amide bonds. The third kappa shape index (κ3) is 4.57. The molecule has 1 fully saturated rings. The van der Waals surface area contributed by atoms with Crippen molar-refractivity contribution in [1.29, 1.82) is 0 Å². The number of nitrogens with one attached hydrogen (secondary N) is 1. The van der Waals surface area contributed by atoms with Gasteiger partial charge in [0.1, 0.15) is 0 Å². The first-order valence-electron chi connectivity index (χ1n) is 8.79. The van der Waals surface area contributed by atoms with Crippen LogP contribution < -0.4 is 5.32 Å². The van der Waals surface area contributed by atoms with E-state index >= 15 is 0 Å². The summed E-state index contributed by atoms with van der Waals surface area (Å²) in [7, 11) is -3.74. The summed E-state index contributed by atoms with van der Waals surface area (Å²) in [6, 6.07) is 7.19. The minimum atomic E-state index is -4.67. The van der Waals surface area contributed by atoms with Crippen molar-refractivity contribution < 1.29 is 26.4 Å². The first-order valence-corrected chi connectivity index (χ1v) is 10.6. The molecule has 0 bridgehead atoms. The lowest BCUT2D eigenvalue weighted by atomic mass is 10.1. The van der Waals surface area contributed by atoms with Crippen LogP contribution in [0.3, 0.4) is 0 Å². The molecule has 0 unspecified atom stereocenters. The molecule has 10 heteroatoms. The second-order valence-electron chi connectivity index (χ2n) is 6.74. The monoisotopic (exact) mass is 446 g/mol. The highest BCUT2D eigenvalue weighted by molar-refractivity contribution is 7.89. The Morgan fingerprint density at radius 1 is 1.10 bits per heavy atom. The molecule has 2 aromatic rings. The third-order valence-corrected chi connectivity index (χ3v) is 7.03. The van der Waals surface area contributed by atoms with Crippen molar-refractivity contribution in [1.82, 2.24) is 4.31 Å². The molecule has 1 heterocycles. The maximum Gasteiger partial charge on any atom is 0.417 e. The summed E-state index contributed by atoms with van der Waals surface area (Å²) in [6.07, 6.45) is -3.12. The van der Waals surface area contributed by atoms with Crippen LogP contribution in [0.4, 0.5) is 18.9 Å². The summed E-state index contributed by atoms with van der Waals surface area (Å²) in [5, 5.41) is 1.88. The van der Waals surface area contributed by atoms with E-state index in [1.165, 1.54) is 28.6 Å². The molecule has 2 aromatic carbocycles. The standard InChI is InChI=1S/C19H18ClF3N2O3S/c1-12-4-5-13(10-17(12)29(27,28)25-8-2-3-9-25)18(26)24-14-6-7-16(20)15(11-14)19(21,22)23/h4-7,10-11H,2-3,8-9H2,1H3,(H,24,26). The molecule has 0 radical (unpaired) electrons. The van der Waals surface area contributed by atoms with Crippen molar-refractivity contribution in [2.45, 2.75) is 30.8 Å². The minimum absolute atomic E-state index is 0.0131. The molecule has 5 nitrogen and oxygen atoms in total. The minimum Gasteiger partial charge on any atom is -0.322 e. The lowest BCUT2D eigenvalue weighted by molar-refractivity contribution is -0.137. The predicted octanol–water partition coefficient (Wildman–Crippen LogP) is 4.70. The fraction of sp³-hybridized carbons (Fsp3) is 0.316. The molecule has 156 valence electrons. The number of amides is 1. The topological polar surface area (TPSA) is 66.5 Å². The molecule has 1 aliphatic heterocycles. The number of aryl methyl sites for hydroxylation is 1. The molecular formula is C19H18ClF3N2O3S. The highest BCUT2D eigenvalue weighted by Crippen LogP contribution is 2.36. The van der Waals surface area contributed by atoms with Gasteiger partial charge in [-0.3, -0.25) is 4.79 Å². The number of benzene rings is 2. The second-order valence-corrected chi connectivity index (χ2v) is 9.05. The van der Waals surface area contributed by atoms with E-state index in [-0.39, 0.29) is 16.1 Å². The number of anilines is 1. The first-order chi connectivity index (χ1) is 13.5. The van der Waals surface area contributed by atoms with Crippen molar-refractivity contribution in [2.75, 3.05) is 18.4 Å². The van der Waals surface area contributed by atoms with E-state index in [9.17, 15) is 26.4 Å². The Morgan fingerprint density at radius 3 is 2.38 bits per heavy atom. The Bertz CT molecular complexity index is 1050. The van der Waals surface area contributed by atoms with Crippen LogP contribution in [-0.2, 0) is 16.2 Å². The molecule has 29 heavy (non-hydrogen) atoms. The number of sulfonamides is 1. The Balaban J connectivity index is 1.89. The van der Waals surface area contributed by atoms with Crippen LogP contribution in [0, 0.1) is 6.92 Å². The van der Waals surface area contributed by atoms with Crippen LogP contribution in [0.1, 0.15) is 34.3 Å². The van der Waals surface area contributed by atoms with Crippen molar-refractivity contribution in [3.8, 4) is 0 Å². The van der Waals surface area contributed by atoms with Crippen LogP contribution in [-0.4, -0.2) is 31.7 Å². The summed E-state index contributed by atoms with van der Waals surface area (Å²) < 4.78 is 66.0. The van der Waals surface area contributed by atoms with E-state index < -0.39 is 32.7 Å². The Kier molecular flexibility index (Phi) is 5.93. The molecule has 0 aromatic heterocycles. The van der Waals surface area contributed by atoms with E-state index in [1.807, 2.05) is 0 Å². The van der Waals surface area contributed by atoms with Crippen LogP contribution >= 0.6 is 11.6 Å². The zero-order valence-electron chi connectivity index (χ0n) is 15.4. The number of hydrogen-bond acceptors (Lipinski definition) is 3. The zero-order chi connectivity index (χ0) is 21.4. The van der Waals surface area contributed by atoms with Gasteiger partial charge in [-0.05, 0) is 55.7 Å². The molecule has 1 saturated heterocycles. The maximum absolute atomic E-state index is 13.0. The number of rotatable bonds is 4. The van der Waals surface area contributed by atoms with Gasteiger partial charge < -0.3 is 5.32 Å². The van der Waals surface area contributed by atoms with Gasteiger partial charge in [0.25, 0.3) is 5.91 Å². The summed E-state index contributed by atoms with van der Waals surface area (Å²) >= 11 is 5.58. The van der Waals surface area contributed by atoms with E-state index in [0.717, 1.165) is 25.0 Å². The van der Waals surface area contributed by atoms with Crippen LogP contribution in [0.5, 0.6) is 0 Å². The van der Waals surface area contributed by atoms with Gasteiger partial charge in [-0.25, -0.2) is 8.42 Å². The molecule has 0 aliphatic carbocycles. The highest BCUT2D eigenvalue weighted by atomic mass is 35.5. The number of halogens is 4. The predicted molar refractivity (Wildman–Crippen MR) is 104 cm³/mol. The molecule has 0 spiro atoms. The number of hydrogen-bond donors (Lipinski definition) is 1. The molecule has 1 N–H and O–H groups in total. The highest BCUT2D eigenvalue weighted by Gasteiger charge is 2.33. The SMILES string of the molecule is Cc1ccc(C(=O)Nc2ccc(Cl)c(C(F)(F)F)c2)cc1S(=O)(=O)N1CCCC1. The summed E-state index contributed by atoms with van der Waals surface area (Å²) in [4.78, 5) is 12.6.